The van der Waals surface area contributed by atoms with E-state index in [0.717, 1.165) is 43.1 Å². The van der Waals surface area contributed by atoms with Gasteiger partial charge in [0.2, 0.25) is 0 Å². The first-order valence-corrected chi connectivity index (χ1v) is 11.2. The number of hydrogen-bond donors (Lipinski definition) is 1. The van der Waals surface area contributed by atoms with Crippen molar-refractivity contribution < 1.29 is 14.3 Å². The van der Waals surface area contributed by atoms with E-state index in [1.807, 2.05) is 71.4 Å². The Kier molecular flexibility index (Phi) is 6.64. The van der Waals surface area contributed by atoms with Gasteiger partial charge in [-0.05, 0) is 41.3 Å². The van der Waals surface area contributed by atoms with E-state index < -0.39 is 0 Å². The fourth-order valence-corrected chi connectivity index (χ4v) is 4.47. The molecule has 3 aromatic rings. The number of thiophene rings is 1. The molecule has 0 radical (unpaired) electrons. The maximum Gasteiger partial charge on any atom is 0.327 e. The Balaban J connectivity index is 1.38. The quantitative estimate of drug-likeness (QED) is 0.592. The van der Waals surface area contributed by atoms with Crippen molar-refractivity contribution in [3.8, 4) is 0 Å². The highest BCUT2D eigenvalue weighted by molar-refractivity contribution is 7.08. The molecule has 1 N–H and O–H groups in total. The molecule has 4 rings (SSSR count). The second-order valence-electron chi connectivity index (χ2n) is 7.37. The largest absolute Gasteiger partial charge is 0.468 e. The van der Waals surface area contributed by atoms with Crippen molar-refractivity contribution in [2.75, 3.05) is 43.5 Å². The second kappa shape index (κ2) is 9.76. The number of ether oxygens (including phenoxy) is 1. The van der Waals surface area contributed by atoms with Gasteiger partial charge in [0, 0.05) is 42.9 Å². The predicted octanol–water partition coefficient (Wildman–Crippen LogP) is 4.04. The van der Waals surface area contributed by atoms with E-state index in [4.69, 9.17) is 4.74 Å². The van der Waals surface area contributed by atoms with Crippen LogP contribution in [-0.2, 0) is 9.53 Å². The van der Waals surface area contributed by atoms with E-state index in [1.54, 1.807) is 0 Å². The van der Waals surface area contributed by atoms with Crippen LogP contribution in [-0.4, -0.2) is 50.1 Å². The molecule has 0 spiro atoms. The maximum absolute atomic E-state index is 12.5. The number of rotatable bonds is 6. The summed E-state index contributed by atoms with van der Waals surface area (Å²) in [6.07, 6.45) is 0. The summed E-state index contributed by atoms with van der Waals surface area (Å²) in [4.78, 5) is 29.1. The molecule has 1 atom stereocenters. The Bertz CT molecular complexity index is 998. The molecule has 160 valence electrons. The van der Waals surface area contributed by atoms with Gasteiger partial charge in [-0.3, -0.25) is 9.69 Å². The van der Waals surface area contributed by atoms with Gasteiger partial charge in [0.25, 0.3) is 5.91 Å². The molecule has 6 nitrogen and oxygen atoms in total. The van der Waals surface area contributed by atoms with E-state index in [9.17, 15) is 9.59 Å². The van der Waals surface area contributed by atoms with Crippen molar-refractivity contribution in [3.05, 3.63) is 82.6 Å². The molecular weight excluding hydrogens is 410 g/mol. The van der Waals surface area contributed by atoms with Gasteiger partial charge >= 0.3 is 5.97 Å². The van der Waals surface area contributed by atoms with E-state index in [0.29, 0.717) is 5.56 Å². The highest BCUT2D eigenvalue weighted by Crippen LogP contribution is 2.26. The smallest absolute Gasteiger partial charge is 0.327 e. The number of anilines is 2. The van der Waals surface area contributed by atoms with Crippen LogP contribution in [0.4, 0.5) is 11.4 Å². The van der Waals surface area contributed by atoms with Gasteiger partial charge in [0.1, 0.15) is 6.04 Å². The van der Waals surface area contributed by atoms with Gasteiger partial charge in [-0.15, -0.1) is 0 Å². The average Bonchev–Trinajstić information content (AvgIpc) is 3.36. The van der Waals surface area contributed by atoms with Gasteiger partial charge in [-0.1, -0.05) is 30.3 Å². The van der Waals surface area contributed by atoms with Crippen LogP contribution < -0.4 is 10.2 Å². The number of carbonyl (C=O) groups excluding carboxylic acids is 2. The summed E-state index contributed by atoms with van der Waals surface area (Å²) in [5.74, 6) is -0.331. The van der Waals surface area contributed by atoms with Crippen LogP contribution >= 0.6 is 11.3 Å². The lowest BCUT2D eigenvalue weighted by molar-refractivity contribution is -0.147. The van der Waals surface area contributed by atoms with Crippen LogP contribution in [0, 0.1) is 0 Å². The van der Waals surface area contributed by atoms with E-state index >= 15 is 0 Å². The lowest BCUT2D eigenvalue weighted by Gasteiger charge is -2.39. The van der Waals surface area contributed by atoms with Gasteiger partial charge in [0.15, 0.2) is 0 Å². The van der Waals surface area contributed by atoms with Crippen LogP contribution in [0.15, 0.2) is 71.4 Å². The predicted molar refractivity (Wildman–Crippen MR) is 124 cm³/mol. The minimum absolute atomic E-state index is 0.0996. The molecule has 0 aliphatic carbocycles. The van der Waals surface area contributed by atoms with Crippen molar-refractivity contribution in [1.29, 1.82) is 0 Å². The van der Waals surface area contributed by atoms with Gasteiger partial charge in [0.05, 0.1) is 12.7 Å². The van der Waals surface area contributed by atoms with E-state index in [-0.39, 0.29) is 17.9 Å². The number of esters is 1. The van der Waals surface area contributed by atoms with Crippen molar-refractivity contribution in [2.24, 2.45) is 0 Å². The minimum atomic E-state index is -0.386. The van der Waals surface area contributed by atoms with Crippen LogP contribution in [0.5, 0.6) is 0 Å². The third kappa shape index (κ3) is 4.95. The van der Waals surface area contributed by atoms with Gasteiger partial charge in [-0.25, -0.2) is 4.79 Å². The van der Waals surface area contributed by atoms with Crippen LogP contribution in [0.3, 0.4) is 0 Å². The number of piperazine rings is 1. The molecule has 1 saturated heterocycles. The third-order valence-electron chi connectivity index (χ3n) is 5.49. The monoisotopic (exact) mass is 435 g/mol. The first-order valence-electron chi connectivity index (χ1n) is 10.2. The van der Waals surface area contributed by atoms with Crippen LogP contribution in [0.25, 0.3) is 0 Å². The number of methoxy groups -OCH3 is 1. The molecule has 1 aromatic heterocycles. The SMILES string of the molecule is COC(=O)C(c1ccccc1)N1CCN(c2ccc(NC(=O)c3ccsc3)cc2)CC1. The van der Waals surface area contributed by atoms with Gasteiger partial charge in [-0.2, -0.15) is 11.3 Å². The molecule has 2 aromatic carbocycles. The normalized spacial score (nSPS) is 15.3. The van der Waals surface area contributed by atoms with Crippen molar-refractivity contribution >= 4 is 34.6 Å². The minimum Gasteiger partial charge on any atom is -0.468 e. The molecule has 7 heteroatoms. The summed E-state index contributed by atoms with van der Waals surface area (Å²) in [6, 6.07) is 19.1. The fraction of sp³-hybridized carbons (Fsp3) is 0.250. The summed E-state index contributed by atoms with van der Waals surface area (Å²) in [5.41, 5.74) is 3.49. The number of amides is 1. The highest BCUT2D eigenvalue weighted by atomic mass is 32.1. The van der Waals surface area contributed by atoms with Crippen LogP contribution in [0.1, 0.15) is 22.0 Å². The summed E-state index contributed by atoms with van der Waals surface area (Å²) < 4.78 is 5.08. The molecule has 1 fully saturated rings. The summed E-state index contributed by atoms with van der Waals surface area (Å²) in [5, 5.41) is 6.65. The zero-order valence-corrected chi connectivity index (χ0v) is 18.2. The summed E-state index contributed by atoms with van der Waals surface area (Å²) in [7, 11) is 1.44. The van der Waals surface area contributed by atoms with E-state index in [1.165, 1.54) is 18.4 Å². The second-order valence-corrected chi connectivity index (χ2v) is 8.15. The van der Waals surface area contributed by atoms with Crippen LogP contribution in [0.2, 0.25) is 0 Å². The lowest BCUT2D eigenvalue weighted by Crippen LogP contribution is -2.49. The third-order valence-corrected chi connectivity index (χ3v) is 6.18. The molecule has 0 bridgehead atoms. The average molecular weight is 436 g/mol. The Hall–Kier alpha value is -3.16. The summed E-state index contributed by atoms with van der Waals surface area (Å²) >= 11 is 1.50. The molecule has 1 aliphatic heterocycles. The van der Waals surface area contributed by atoms with Crippen molar-refractivity contribution in [1.82, 2.24) is 4.90 Å². The first kappa shape index (κ1) is 21.1. The maximum atomic E-state index is 12.5. The molecule has 1 unspecified atom stereocenters. The molecule has 0 saturated carbocycles. The Morgan fingerprint density at radius 2 is 1.68 bits per heavy atom. The standard InChI is InChI=1S/C24H25N3O3S/c1-30-24(29)22(18-5-3-2-4-6-18)27-14-12-26(13-15-27)21-9-7-20(8-10-21)25-23(28)19-11-16-31-17-19/h2-11,16-17,22H,12-15H2,1H3,(H,25,28). The zero-order valence-electron chi connectivity index (χ0n) is 17.4. The number of carbonyl (C=O) groups is 2. The topological polar surface area (TPSA) is 61.9 Å². The zero-order chi connectivity index (χ0) is 21.6. The lowest BCUT2D eigenvalue weighted by atomic mass is 10.0. The number of hydrogen-bond acceptors (Lipinski definition) is 6. The molecule has 2 heterocycles. The molecular formula is C24H25N3O3S. The highest BCUT2D eigenvalue weighted by Gasteiger charge is 2.31. The molecule has 31 heavy (non-hydrogen) atoms. The first-order chi connectivity index (χ1) is 15.2. The molecule has 1 aliphatic rings. The van der Waals surface area contributed by atoms with Gasteiger partial charge < -0.3 is 15.0 Å². The number of nitrogens with one attached hydrogen (secondary N) is 1. The Morgan fingerprint density at radius 1 is 0.968 bits per heavy atom. The van der Waals surface area contributed by atoms with E-state index in [2.05, 4.69) is 15.1 Å². The molecule has 1 amide bonds. The van der Waals surface area contributed by atoms with Crippen molar-refractivity contribution in [3.63, 3.8) is 0 Å². The summed E-state index contributed by atoms with van der Waals surface area (Å²) in [6.45, 7) is 3.12. The Labute approximate surface area is 186 Å². The fourth-order valence-electron chi connectivity index (χ4n) is 3.83. The van der Waals surface area contributed by atoms with Crippen molar-refractivity contribution in [2.45, 2.75) is 6.04 Å². The number of benzene rings is 2. The Morgan fingerprint density at radius 3 is 2.29 bits per heavy atom. The number of nitrogens with zero attached hydrogens (tertiary/aromatic N) is 2.